The van der Waals surface area contributed by atoms with Gasteiger partial charge in [0.1, 0.15) is 6.04 Å². The molecular weight excluding hydrogens is 234 g/mol. The first-order chi connectivity index (χ1) is 8.52. The van der Waals surface area contributed by atoms with Crippen LogP contribution in [-0.4, -0.2) is 28.1 Å². The second-order valence-electron chi connectivity index (χ2n) is 3.90. The molecule has 1 atom stereocenters. The van der Waals surface area contributed by atoms with E-state index in [2.05, 4.69) is 15.6 Å². The number of carboxylic acid groups (broad SMARTS) is 1. The Kier molecular flexibility index (Phi) is 5.10. The molecule has 1 aromatic heterocycles. The van der Waals surface area contributed by atoms with Gasteiger partial charge in [0.05, 0.1) is 12.2 Å². The Morgan fingerprint density at radius 1 is 1.44 bits per heavy atom. The first-order valence-corrected chi connectivity index (χ1v) is 5.72. The van der Waals surface area contributed by atoms with Crippen LogP contribution in [0.4, 0.5) is 4.79 Å². The highest BCUT2D eigenvalue weighted by molar-refractivity contribution is 5.82. The van der Waals surface area contributed by atoms with Gasteiger partial charge in [-0.25, -0.2) is 9.59 Å². The molecule has 6 heteroatoms. The van der Waals surface area contributed by atoms with Gasteiger partial charge in [0.15, 0.2) is 0 Å². The topological polar surface area (TPSA) is 91.3 Å². The van der Waals surface area contributed by atoms with Crippen molar-refractivity contribution >= 4 is 12.0 Å². The summed E-state index contributed by atoms with van der Waals surface area (Å²) in [6.45, 7) is 3.83. The van der Waals surface area contributed by atoms with Gasteiger partial charge >= 0.3 is 12.0 Å². The van der Waals surface area contributed by atoms with E-state index < -0.39 is 18.0 Å². The summed E-state index contributed by atoms with van der Waals surface area (Å²) >= 11 is 0. The lowest BCUT2D eigenvalue weighted by atomic mass is 10.2. The summed E-state index contributed by atoms with van der Waals surface area (Å²) in [7, 11) is 0. The number of carbonyl (C=O) groups excluding carboxylic acids is 1. The third kappa shape index (κ3) is 4.40. The highest BCUT2D eigenvalue weighted by Gasteiger charge is 2.16. The van der Waals surface area contributed by atoms with Gasteiger partial charge < -0.3 is 15.7 Å². The van der Waals surface area contributed by atoms with Gasteiger partial charge in [0.2, 0.25) is 0 Å². The Bertz CT molecular complexity index is 434. The Morgan fingerprint density at radius 3 is 2.72 bits per heavy atom. The lowest BCUT2D eigenvalue weighted by Gasteiger charge is -2.13. The van der Waals surface area contributed by atoms with Crippen molar-refractivity contribution in [2.75, 3.05) is 0 Å². The van der Waals surface area contributed by atoms with E-state index in [0.29, 0.717) is 6.42 Å². The molecule has 0 aliphatic carbocycles. The normalized spacial score (nSPS) is 11.7. The number of carbonyl (C=O) groups is 2. The average molecular weight is 251 g/mol. The van der Waals surface area contributed by atoms with E-state index in [-0.39, 0.29) is 6.54 Å². The molecule has 0 spiro atoms. The van der Waals surface area contributed by atoms with Crippen LogP contribution in [0.15, 0.2) is 18.2 Å². The zero-order valence-electron chi connectivity index (χ0n) is 10.4. The number of pyridine rings is 1. The smallest absolute Gasteiger partial charge is 0.326 e. The number of amides is 2. The summed E-state index contributed by atoms with van der Waals surface area (Å²) in [5.74, 6) is -1.04. The summed E-state index contributed by atoms with van der Waals surface area (Å²) in [4.78, 5) is 26.4. The molecule has 1 rings (SSSR count). The number of aromatic nitrogens is 1. The van der Waals surface area contributed by atoms with Gasteiger partial charge in [-0.3, -0.25) is 4.98 Å². The van der Waals surface area contributed by atoms with Crippen LogP contribution in [0.5, 0.6) is 0 Å². The first kappa shape index (κ1) is 14.0. The molecule has 6 nitrogen and oxygen atoms in total. The largest absolute Gasteiger partial charge is 0.480 e. The molecule has 0 bridgehead atoms. The van der Waals surface area contributed by atoms with Crippen molar-refractivity contribution in [1.82, 2.24) is 15.6 Å². The van der Waals surface area contributed by atoms with Gasteiger partial charge in [-0.15, -0.1) is 0 Å². The van der Waals surface area contributed by atoms with E-state index in [0.717, 1.165) is 11.4 Å². The number of rotatable bonds is 5. The molecule has 0 aromatic carbocycles. The van der Waals surface area contributed by atoms with Crippen LogP contribution in [0.25, 0.3) is 0 Å². The van der Waals surface area contributed by atoms with Crippen molar-refractivity contribution in [3.8, 4) is 0 Å². The second kappa shape index (κ2) is 6.58. The van der Waals surface area contributed by atoms with Crippen molar-refractivity contribution in [3.63, 3.8) is 0 Å². The van der Waals surface area contributed by atoms with Gasteiger partial charge in [0.25, 0.3) is 0 Å². The molecule has 1 aromatic rings. The maximum absolute atomic E-state index is 11.5. The SMILES string of the molecule is CC[C@@H](NC(=O)NCc1cccc(C)n1)C(=O)O. The predicted octanol–water partition coefficient (Wildman–Crippen LogP) is 1.05. The number of nitrogens with zero attached hydrogens (tertiary/aromatic N) is 1. The van der Waals surface area contributed by atoms with Crippen LogP contribution >= 0.6 is 0 Å². The molecule has 0 aliphatic heterocycles. The van der Waals surface area contributed by atoms with Gasteiger partial charge in [0, 0.05) is 5.69 Å². The number of carboxylic acids is 1. The molecule has 98 valence electrons. The Labute approximate surface area is 105 Å². The standard InChI is InChI=1S/C12H17N3O3/c1-3-10(11(16)17)15-12(18)13-7-9-6-4-5-8(2)14-9/h4-6,10H,3,7H2,1-2H3,(H,16,17)(H2,13,15,18)/t10-/m1/s1. The summed E-state index contributed by atoms with van der Waals surface area (Å²) in [6.07, 6.45) is 0.339. The molecule has 0 saturated heterocycles. The molecular formula is C12H17N3O3. The average Bonchev–Trinajstić information content (AvgIpc) is 2.33. The zero-order chi connectivity index (χ0) is 13.5. The van der Waals surface area contributed by atoms with Gasteiger partial charge in [-0.2, -0.15) is 0 Å². The number of hydrogen-bond donors (Lipinski definition) is 3. The fourth-order valence-corrected chi connectivity index (χ4v) is 1.42. The van der Waals surface area contributed by atoms with E-state index in [4.69, 9.17) is 5.11 Å². The Balaban J connectivity index is 2.44. The van der Waals surface area contributed by atoms with Crippen LogP contribution in [0.2, 0.25) is 0 Å². The summed E-state index contributed by atoms with van der Waals surface area (Å²) < 4.78 is 0. The van der Waals surface area contributed by atoms with E-state index >= 15 is 0 Å². The van der Waals surface area contributed by atoms with E-state index in [1.807, 2.05) is 19.1 Å². The number of aryl methyl sites for hydroxylation is 1. The van der Waals surface area contributed by atoms with E-state index in [1.54, 1.807) is 13.0 Å². The van der Waals surface area contributed by atoms with E-state index in [1.165, 1.54) is 0 Å². The molecule has 0 saturated carbocycles. The maximum atomic E-state index is 11.5. The van der Waals surface area contributed by atoms with Gasteiger partial charge in [-0.1, -0.05) is 13.0 Å². The van der Waals surface area contributed by atoms with Crippen LogP contribution in [-0.2, 0) is 11.3 Å². The Morgan fingerprint density at radius 2 is 2.17 bits per heavy atom. The molecule has 18 heavy (non-hydrogen) atoms. The van der Waals surface area contributed by atoms with Crippen LogP contribution in [0.3, 0.4) is 0 Å². The van der Waals surface area contributed by atoms with Crippen LogP contribution in [0, 0.1) is 6.92 Å². The molecule has 0 fully saturated rings. The summed E-state index contributed by atoms with van der Waals surface area (Å²) in [6, 6.07) is 4.13. The first-order valence-electron chi connectivity index (χ1n) is 5.72. The fraction of sp³-hybridized carbons (Fsp3) is 0.417. The number of hydrogen-bond acceptors (Lipinski definition) is 3. The van der Waals surface area contributed by atoms with Crippen molar-refractivity contribution in [2.45, 2.75) is 32.9 Å². The summed E-state index contributed by atoms with van der Waals surface area (Å²) in [5.41, 5.74) is 1.60. The highest BCUT2D eigenvalue weighted by atomic mass is 16.4. The lowest BCUT2D eigenvalue weighted by molar-refractivity contribution is -0.139. The third-order valence-electron chi connectivity index (χ3n) is 2.39. The zero-order valence-corrected chi connectivity index (χ0v) is 10.4. The van der Waals surface area contributed by atoms with Crippen molar-refractivity contribution in [2.24, 2.45) is 0 Å². The highest BCUT2D eigenvalue weighted by Crippen LogP contribution is 1.97. The Hall–Kier alpha value is -2.11. The molecule has 0 unspecified atom stereocenters. The molecule has 3 N–H and O–H groups in total. The molecule has 2 amide bonds. The van der Waals surface area contributed by atoms with Crippen LogP contribution < -0.4 is 10.6 Å². The molecule has 0 aliphatic rings. The number of urea groups is 1. The number of nitrogens with one attached hydrogen (secondary N) is 2. The second-order valence-corrected chi connectivity index (χ2v) is 3.90. The number of aliphatic carboxylic acids is 1. The van der Waals surface area contributed by atoms with Crippen molar-refractivity contribution in [1.29, 1.82) is 0 Å². The van der Waals surface area contributed by atoms with E-state index in [9.17, 15) is 9.59 Å². The van der Waals surface area contributed by atoms with Crippen LogP contribution in [0.1, 0.15) is 24.7 Å². The quantitative estimate of drug-likeness (QED) is 0.729. The molecule has 1 heterocycles. The fourth-order valence-electron chi connectivity index (χ4n) is 1.42. The third-order valence-corrected chi connectivity index (χ3v) is 2.39. The predicted molar refractivity (Wildman–Crippen MR) is 66.1 cm³/mol. The minimum atomic E-state index is -1.04. The lowest BCUT2D eigenvalue weighted by Crippen LogP contribution is -2.45. The minimum absolute atomic E-state index is 0.267. The van der Waals surface area contributed by atoms with Crippen molar-refractivity contribution < 1.29 is 14.7 Å². The summed E-state index contributed by atoms with van der Waals surface area (Å²) in [5, 5.41) is 13.7. The minimum Gasteiger partial charge on any atom is -0.480 e. The van der Waals surface area contributed by atoms with Gasteiger partial charge in [-0.05, 0) is 25.5 Å². The molecule has 0 radical (unpaired) electrons. The van der Waals surface area contributed by atoms with Crippen molar-refractivity contribution in [3.05, 3.63) is 29.6 Å². The monoisotopic (exact) mass is 251 g/mol. The maximum Gasteiger partial charge on any atom is 0.326 e.